The molecular weight excluding hydrogens is 331 g/mol. The molecule has 3 aromatic rings. The lowest BCUT2D eigenvalue weighted by Crippen LogP contribution is -2.09. The molecule has 0 atom stereocenters. The van der Waals surface area contributed by atoms with Gasteiger partial charge in [-0.15, -0.1) is 0 Å². The molecule has 3 rings (SSSR count). The number of para-hydroxylation sites is 1. The predicted octanol–water partition coefficient (Wildman–Crippen LogP) is 4.95. The van der Waals surface area contributed by atoms with Gasteiger partial charge in [-0.3, -0.25) is 4.98 Å². The lowest BCUT2D eigenvalue weighted by molar-refractivity contribution is 0.0527. The van der Waals surface area contributed by atoms with Crippen LogP contribution in [0.4, 0.5) is 15.8 Å². The Morgan fingerprint density at radius 3 is 2.83 bits per heavy atom. The zero-order valence-corrected chi connectivity index (χ0v) is 13.6. The molecule has 0 saturated heterocycles. The van der Waals surface area contributed by atoms with Crippen molar-refractivity contribution >= 4 is 39.8 Å². The van der Waals surface area contributed by atoms with Crippen molar-refractivity contribution in [3.63, 3.8) is 0 Å². The first-order valence-corrected chi connectivity index (χ1v) is 7.75. The Labute approximate surface area is 143 Å². The van der Waals surface area contributed by atoms with Crippen molar-refractivity contribution in [3.8, 4) is 0 Å². The number of fused-ring (bicyclic) bond motifs is 1. The minimum atomic E-state index is -0.536. The van der Waals surface area contributed by atoms with Crippen molar-refractivity contribution in [2.24, 2.45) is 0 Å². The normalized spacial score (nSPS) is 10.6. The third-order valence-electron chi connectivity index (χ3n) is 3.46. The molecule has 2 aromatic carbocycles. The molecule has 0 amide bonds. The van der Waals surface area contributed by atoms with Crippen LogP contribution in [0.5, 0.6) is 0 Å². The van der Waals surface area contributed by atoms with E-state index in [0.29, 0.717) is 21.6 Å². The van der Waals surface area contributed by atoms with Crippen LogP contribution in [0, 0.1) is 5.82 Å². The SMILES string of the molecule is CCOC(=O)c1cnc2ccc(Cl)cc2c1Nc1ccccc1F. The Morgan fingerprint density at radius 2 is 2.08 bits per heavy atom. The van der Waals surface area contributed by atoms with E-state index in [1.165, 1.54) is 12.3 Å². The number of halogens is 2. The van der Waals surface area contributed by atoms with E-state index < -0.39 is 11.8 Å². The smallest absolute Gasteiger partial charge is 0.341 e. The van der Waals surface area contributed by atoms with E-state index in [1.54, 1.807) is 43.3 Å². The summed E-state index contributed by atoms with van der Waals surface area (Å²) in [4.78, 5) is 16.5. The van der Waals surface area contributed by atoms with E-state index in [1.807, 2.05) is 0 Å². The number of nitrogens with zero attached hydrogens (tertiary/aromatic N) is 1. The molecule has 0 aliphatic rings. The van der Waals surface area contributed by atoms with Crippen LogP contribution in [0.3, 0.4) is 0 Å². The Hall–Kier alpha value is -2.66. The molecule has 1 aromatic heterocycles. The molecule has 0 aliphatic heterocycles. The number of aromatic nitrogens is 1. The Balaban J connectivity index is 2.20. The highest BCUT2D eigenvalue weighted by molar-refractivity contribution is 6.31. The third-order valence-corrected chi connectivity index (χ3v) is 3.69. The molecule has 1 N–H and O–H groups in total. The summed E-state index contributed by atoms with van der Waals surface area (Å²) in [6.07, 6.45) is 1.41. The van der Waals surface area contributed by atoms with Gasteiger partial charge in [0, 0.05) is 16.6 Å². The summed E-state index contributed by atoms with van der Waals surface area (Å²) < 4.78 is 19.1. The summed E-state index contributed by atoms with van der Waals surface area (Å²) in [6, 6.07) is 11.3. The zero-order valence-electron chi connectivity index (χ0n) is 12.8. The largest absolute Gasteiger partial charge is 0.462 e. The van der Waals surface area contributed by atoms with Crippen molar-refractivity contribution in [3.05, 3.63) is 65.1 Å². The van der Waals surface area contributed by atoms with Crippen LogP contribution in [0.25, 0.3) is 10.9 Å². The molecule has 4 nitrogen and oxygen atoms in total. The van der Waals surface area contributed by atoms with E-state index in [2.05, 4.69) is 10.3 Å². The molecule has 0 unspecified atom stereocenters. The van der Waals surface area contributed by atoms with E-state index in [-0.39, 0.29) is 17.9 Å². The molecule has 0 spiro atoms. The second-order valence-electron chi connectivity index (χ2n) is 5.03. The number of nitrogens with one attached hydrogen (secondary N) is 1. The fraction of sp³-hybridized carbons (Fsp3) is 0.111. The average molecular weight is 345 g/mol. The first kappa shape index (κ1) is 16.2. The Bertz CT molecular complexity index is 915. The molecule has 0 bridgehead atoms. The number of rotatable bonds is 4. The second kappa shape index (κ2) is 6.84. The molecule has 0 saturated carbocycles. The van der Waals surface area contributed by atoms with Gasteiger partial charge in [0.05, 0.1) is 23.5 Å². The molecule has 6 heteroatoms. The van der Waals surface area contributed by atoms with Crippen LogP contribution in [0.15, 0.2) is 48.7 Å². The number of esters is 1. The lowest BCUT2D eigenvalue weighted by Gasteiger charge is -2.14. The summed E-state index contributed by atoms with van der Waals surface area (Å²) in [6.45, 7) is 1.94. The summed E-state index contributed by atoms with van der Waals surface area (Å²) >= 11 is 6.07. The molecule has 0 radical (unpaired) electrons. The third kappa shape index (κ3) is 3.16. The van der Waals surface area contributed by atoms with E-state index in [0.717, 1.165) is 0 Å². The topological polar surface area (TPSA) is 51.2 Å². The van der Waals surface area contributed by atoms with Crippen LogP contribution < -0.4 is 5.32 Å². The molecule has 24 heavy (non-hydrogen) atoms. The Morgan fingerprint density at radius 1 is 1.29 bits per heavy atom. The Kier molecular flexibility index (Phi) is 4.62. The highest BCUT2D eigenvalue weighted by Gasteiger charge is 2.18. The van der Waals surface area contributed by atoms with Crippen molar-refractivity contribution < 1.29 is 13.9 Å². The number of hydrogen-bond acceptors (Lipinski definition) is 4. The van der Waals surface area contributed by atoms with Crippen LogP contribution in [-0.4, -0.2) is 17.6 Å². The predicted molar refractivity (Wildman–Crippen MR) is 92.4 cm³/mol. The van der Waals surface area contributed by atoms with Crippen LogP contribution in [-0.2, 0) is 4.74 Å². The maximum absolute atomic E-state index is 14.0. The number of benzene rings is 2. The monoisotopic (exact) mass is 344 g/mol. The van der Waals surface area contributed by atoms with Crippen molar-refractivity contribution in [1.29, 1.82) is 0 Å². The minimum Gasteiger partial charge on any atom is -0.462 e. The molecule has 122 valence electrons. The van der Waals surface area contributed by atoms with Gasteiger partial charge in [-0.2, -0.15) is 0 Å². The number of pyridine rings is 1. The molecule has 1 heterocycles. The van der Waals surface area contributed by atoms with E-state index in [9.17, 15) is 9.18 Å². The molecule has 0 fully saturated rings. The number of carbonyl (C=O) groups excluding carboxylic acids is 1. The van der Waals surface area contributed by atoms with Gasteiger partial charge in [-0.1, -0.05) is 23.7 Å². The highest BCUT2D eigenvalue weighted by Crippen LogP contribution is 2.32. The first-order valence-electron chi connectivity index (χ1n) is 7.37. The van der Waals surface area contributed by atoms with Gasteiger partial charge in [0.25, 0.3) is 0 Å². The first-order chi connectivity index (χ1) is 11.6. The standard InChI is InChI=1S/C18H14ClFN2O2/c1-2-24-18(23)13-10-21-15-8-7-11(19)9-12(15)17(13)22-16-6-4-3-5-14(16)20/h3-10H,2H2,1H3,(H,21,22). The van der Waals surface area contributed by atoms with Gasteiger partial charge >= 0.3 is 5.97 Å². The second-order valence-corrected chi connectivity index (χ2v) is 5.47. The van der Waals surface area contributed by atoms with Crippen molar-refractivity contribution in [1.82, 2.24) is 4.98 Å². The maximum atomic E-state index is 14.0. The number of hydrogen-bond donors (Lipinski definition) is 1. The van der Waals surface area contributed by atoms with Gasteiger partial charge in [0.1, 0.15) is 11.4 Å². The summed E-state index contributed by atoms with van der Waals surface area (Å²) in [5.74, 6) is -0.968. The molecule has 0 aliphatic carbocycles. The van der Waals surface area contributed by atoms with Gasteiger partial charge < -0.3 is 10.1 Å². The fourth-order valence-corrected chi connectivity index (χ4v) is 2.53. The van der Waals surface area contributed by atoms with Gasteiger partial charge in [0.15, 0.2) is 0 Å². The van der Waals surface area contributed by atoms with Crippen molar-refractivity contribution in [2.75, 3.05) is 11.9 Å². The number of ether oxygens (including phenoxy) is 1. The highest BCUT2D eigenvalue weighted by atomic mass is 35.5. The quantitative estimate of drug-likeness (QED) is 0.680. The van der Waals surface area contributed by atoms with Gasteiger partial charge in [-0.25, -0.2) is 9.18 Å². The van der Waals surface area contributed by atoms with Crippen LogP contribution in [0.2, 0.25) is 5.02 Å². The van der Waals surface area contributed by atoms with Crippen LogP contribution in [0.1, 0.15) is 17.3 Å². The van der Waals surface area contributed by atoms with E-state index in [4.69, 9.17) is 16.3 Å². The van der Waals surface area contributed by atoms with Gasteiger partial charge in [0.2, 0.25) is 0 Å². The maximum Gasteiger partial charge on any atom is 0.341 e. The number of carbonyl (C=O) groups is 1. The van der Waals surface area contributed by atoms with E-state index >= 15 is 0 Å². The lowest BCUT2D eigenvalue weighted by atomic mass is 10.1. The average Bonchev–Trinajstić information content (AvgIpc) is 2.57. The molecular formula is C18H14ClFN2O2. The minimum absolute atomic E-state index is 0.217. The summed E-state index contributed by atoms with van der Waals surface area (Å²) in [7, 11) is 0. The van der Waals surface area contributed by atoms with Crippen molar-refractivity contribution in [2.45, 2.75) is 6.92 Å². The fourth-order valence-electron chi connectivity index (χ4n) is 2.36. The number of anilines is 2. The summed E-state index contributed by atoms with van der Waals surface area (Å²) in [5.41, 5.74) is 1.50. The van der Waals surface area contributed by atoms with Gasteiger partial charge in [-0.05, 0) is 37.3 Å². The zero-order chi connectivity index (χ0) is 17.1. The summed E-state index contributed by atoms with van der Waals surface area (Å²) in [5, 5.41) is 4.07. The van der Waals surface area contributed by atoms with Crippen LogP contribution >= 0.6 is 11.6 Å².